The molecule has 3 atom stereocenters. The quantitative estimate of drug-likeness (QED) is 0.742. The van der Waals surface area contributed by atoms with Gasteiger partial charge in [0.05, 0.1) is 12.5 Å². The molecular weight excluding hydrogens is 368 g/mol. The summed E-state index contributed by atoms with van der Waals surface area (Å²) >= 11 is 0. The van der Waals surface area contributed by atoms with E-state index < -0.39 is 5.97 Å². The molecule has 6 heteroatoms. The summed E-state index contributed by atoms with van der Waals surface area (Å²) in [7, 11) is 0. The van der Waals surface area contributed by atoms with E-state index in [-0.39, 0.29) is 24.1 Å². The summed E-state index contributed by atoms with van der Waals surface area (Å²) < 4.78 is 0. The van der Waals surface area contributed by atoms with E-state index in [0.717, 1.165) is 26.6 Å². The van der Waals surface area contributed by atoms with Gasteiger partial charge in [0.1, 0.15) is 5.75 Å². The topological polar surface area (TPSA) is 89.9 Å². The number of carbonyl (C=O) groups excluding carboxylic acids is 1. The Morgan fingerprint density at radius 1 is 1.10 bits per heavy atom. The summed E-state index contributed by atoms with van der Waals surface area (Å²) in [5.41, 5.74) is 3.19. The van der Waals surface area contributed by atoms with Crippen LogP contribution >= 0.6 is 0 Å². The van der Waals surface area contributed by atoms with Gasteiger partial charge in [-0.05, 0) is 30.0 Å². The first-order valence-corrected chi connectivity index (χ1v) is 9.90. The number of phenolic OH excluding ortho intramolecular Hbond substituents is 1. The minimum absolute atomic E-state index is 0.101. The normalized spacial score (nSPS) is 22.6. The Morgan fingerprint density at radius 2 is 1.76 bits per heavy atom. The van der Waals surface area contributed by atoms with Crippen molar-refractivity contribution in [2.24, 2.45) is 11.8 Å². The first kappa shape index (κ1) is 20.9. The predicted octanol–water partition coefficient (Wildman–Crippen LogP) is 2.75. The molecule has 0 radical (unpaired) electrons. The zero-order valence-corrected chi connectivity index (χ0v) is 16.8. The number of hydrogen-bond donors (Lipinski definition) is 3. The van der Waals surface area contributed by atoms with Crippen molar-refractivity contribution in [1.29, 1.82) is 0 Å². The summed E-state index contributed by atoms with van der Waals surface area (Å²) in [5, 5.41) is 20.9. The van der Waals surface area contributed by atoms with Gasteiger partial charge in [-0.15, -0.1) is 0 Å². The number of aliphatic carboxylic acids is 1. The van der Waals surface area contributed by atoms with Crippen molar-refractivity contribution in [1.82, 2.24) is 10.2 Å². The molecule has 4 rings (SSSR count). The summed E-state index contributed by atoms with van der Waals surface area (Å²) in [5.74, 6) is 0.445. The van der Waals surface area contributed by atoms with Crippen molar-refractivity contribution in [3.05, 3.63) is 65.2 Å². The Balaban J connectivity index is 0.000000552. The van der Waals surface area contributed by atoms with Gasteiger partial charge >= 0.3 is 0 Å². The molecule has 0 saturated carbocycles. The van der Waals surface area contributed by atoms with Gasteiger partial charge < -0.3 is 20.4 Å². The molecule has 2 fully saturated rings. The zero-order valence-electron chi connectivity index (χ0n) is 16.8. The number of likely N-dealkylation sites (tertiary alicyclic amines) is 1. The van der Waals surface area contributed by atoms with Crippen LogP contribution in [0, 0.1) is 18.8 Å². The lowest BCUT2D eigenvalue weighted by molar-refractivity contribution is -0.134. The maximum Gasteiger partial charge on any atom is 0.300 e. The number of fused-ring (bicyclic) bond motifs is 1. The summed E-state index contributed by atoms with van der Waals surface area (Å²) in [6.45, 7) is 5.94. The Morgan fingerprint density at radius 3 is 2.45 bits per heavy atom. The van der Waals surface area contributed by atoms with Crippen molar-refractivity contribution in [3.8, 4) is 5.75 Å². The number of carboxylic acids is 1. The van der Waals surface area contributed by atoms with E-state index in [4.69, 9.17) is 9.90 Å². The Bertz CT molecular complexity index is 879. The van der Waals surface area contributed by atoms with Crippen LogP contribution in [0.15, 0.2) is 48.5 Å². The lowest BCUT2D eigenvalue weighted by Gasteiger charge is -2.30. The van der Waals surface area contributed by atoms with Crippen LogP contribution in [0.4, 0.5) is 0 Å². The monoisotopic (exact) mass is 396 g/mol. The SMILES string of the molecule is CC(=O)O.Cc1ccccc1[C@H]1[C@H]2CNC[C@H]2CN1C(=O)Cc1ccccc1O. The van der Waals surface area contributed by atoms with Gasteiger partial charge in [-0.25, -0.2) is 0 Å². The fraction of sp³-hybridized carbons (Fsp3) is 0.391. The summed E-state index contributed by atoms with van der Waals surface area (Å²) in [6, 6.07) is 15.6. The third kappa shape index (κ3) is 4.77. The average Bonchev–Trinajstić information content (AvgIpc) is 3.25. The van der Waals surface area contributed by atoms with E-state index >= 15 is 0 Å². The number of benzene rings is 2. The molecule has 154 valence electrons. The van der Waals surface area contributed by atoms with Crippen LogP contribution in [0.3, 0.4) is 0 Å². The minimum Gasteiger partial charge on any atom is -0.508 e. The van der Waals surface area contributed by atoms with Gasteiger partial charge in [-0.3, -0.25) is 9.59 Å². The Kier molecular flexibility index (Phi) is 6.54. The first-order chi connectivity index (χ1) is 13.9. The first-order valence-electron chi connectivity index (χ1n) is 9.90. The van der Waals surface area contributed by atoms with Crippen LogP contribution < -0.4 is 5.32 Å². The van der Waals surface area contributed by atoms with E-state index in [1.54, 1.807) is 12.1 Å². The molecule has 0 aromatic heterocycles. The fourth-order valence-electron chi connectivity index (χ4n) is 4.42. The fourth-order valence-corrected chi connectivity index (χ4v) is 4.42. The highest BCUT2D eigenvalue weighted by molar-refractivity contribution is 5.80. The number of para-hydroxylation sites is 1. The van der Waals surface area contributed by atoms with Crippen LogP contribution in [0.5, 0.6) is 5.75 Å². The molecule has 3 N–H and O–H groups in total. The molecule has 1 amide bonds. The predicted molar refractivity (Wildman–Crippen MR) is 111 cm³/mol. The molecule has 0 bridgehead atoms. The van der Waals surface area contributed by atoms with Crippen molar-refractivity contribution in [2.75, 3.05) is 19.6 Å². The van der Waals surface area contributed by atoms with Crippen LogP contribution in [-0.2, 0) is 16.0 Å². The van der Waals surface area contributed by atoms with E-state index in [1.165, 1.54) is 11.1 Å². The van der Waals surface area contributed by atoms with Gasteiger partial charge in [0.15, 0.2) is 0 Å². The molecule has 0 unspecified atom stereocenters. The zero-order chi connectivity index (χ0) is 21.0. The van der Waals surface area contributed by atoms with Gasteiger partial charge in [0.2, 0.25) is 5.91 Å². The van der Waals surface area contributed by atoms with E-state index in [1.807, 2.05) is 23.1 Å². The molecule has 2 aliphatic heterocycles. The number of hydrogen-bond acceptors (Lipinski definition) is 4. The van der Waals surface area contributed by atoms with E-state index in [9.17, 15) is 9.90 Å². The molecular formula is C23H28N2O4. The highest BCUT2D eigenvalue weighted by atomic mass is 16.4. The lowest BCUT2D eigenvalue weighted by atomic mass is 9.87. The third-order valence-corrected chi connectivity index (χ3v) is 5.73. The second-order valence-electron chi connectivity index (χ2n) is 7.75. The van der Waals surface area contributed by atoms with Crippen molar-refractivity contribution >= 4 is 11.9 Å². The van der Waals surface area contributed by atoms with Crippen molar-refractivity contribution in [2.45, 2.75) is 26.3 Å². The second-order valence-corrected chi connectivity index (χ2v) is 7.75. The van der Waals surface area contributed by atoms with Gasteiger partial charge in [-0.2, -0.15) is 0 Å². The number of amides is 1. The molecule has 2 aromatic rings. The molecule has 6 nitrogen and oxygen atoms in total. The number of phenols is 1. The highest BCUT2D eigenvalue weighted by Gasteiger charge is 2.46. The number of nitrogens with zero attached hydrogens (tertiary/aromatic N) is 1. The molecule has 2 heterocycles. The number of aromatic hydroxyl groups is 1. The second kappa shape index (κ2) is 9.09. The average molecular weight is 396 g/mol. The minimum atomic E-state index is -0.833. The molecule has 0 spiro atoms. The molecule has 0 aliphatic carbocycles. The Labute approximate surface area is 171 Å². The smallest absolute Gasteiger partial charge is 0.300 e. The third-order valence-electron chi connectivity index (χ3n) is 5.73. The van der Waals surface area contributed by atoms with Crippen LogP contribution in [0.25, 0.3) is 0 Å². The molecule has 2 saturated heterocycles. The molecule has 2 aromatic carbocycles. The maximum absolute atomic E-state index is 13.1. The molecule has 29 heavy (non-hydrogen) atoms. The number of aryl methyl sites for hydroxylation is 1. The molecule has 2 aliphatic rings. The van der Waals surface area contributed by atoms with Crippen LogP contribution in [0.2, 0.25) is 0 Å². The highest BCUT2D eigenvalue weighted by Crippen LogP contribution is 2.43. The number of carboxylic acid groups (broad SMARTS) is 1. The number of rotatable bonds is 3. The van der Waals surface area contributed by atoms with Crippen molar-refractivity contribution in [3.63, 3.8) is 0 Å². The van der Waals surface area contributed by atoms with E-state index in [0.29, 0.717) is 17.4 Å². The number of nitrogens with one attached hydrogen (secondary N) is 1. The van der Waals surface area contributed by atoms with Gasteiger partial charge in [0.25, 0.3) is 5.97 Å². The van der Waals surface area contributed by atoms with Crippen LogP contribution in [-0.4, -0.2) is 46.6 Å². The van der Waals surface area contributed by atoms with E-state index in [2.05, 4.69) is 30.4 Å². The number of carbonyl (C=O) groups is 2. The van der Waals surface area contributed by atoms with Gasteiger partial charge in [-0.1, -0.05) is 42.5 Å². The van der Waals surface area contributed by atoms with Gasteiger partial charge in [0, 0.05) is 38.0 Å². The van der Waals surface area contributed by atoms with Crippen molar-refractivity contribution < 1.29 is 19.8 Å². The summed E-state index contributed by atoms with van der Waals surface area (Å²) in [4.78, 5) is 24.1. The van der Waals surface area contributed by atoms with Crippen LogP contribution in [0.1, 0.15) is 29.7 Å². The standard InChI is InChI=1S/C21H24N2O2.C2H4O2/c1-14-6-2-4-8-17(14)21-18-12-22-11-16(18)13-23(21)20(25)10-15-7-3-5-9-19(15)24;1-2(3)4/h2-9,16,18,21-22,24H,10-13H2,1H3;1H3,(H,3,4)/t16-,18-,21-;/m0./s1. The largest absolute Gasteiger partial charge is 0.508 e. The summed E-state index contributed by atoms with van der Waals surface area (Å²) in [6.07, 6.45) is 0.252. The maximum atomic E-state index is 13.1. The lowest BCUT2D eigenvalue weighted by Crippen LogP contribution is -2.36. The Hall–Kier alpha value is -2.86.